The molecular formula is C12H18Br2N2. The lowest BCUT2D eigenvalue weighted by atomic mass is 10.1. The number of hydrogen-bond acceptors (Lipinski definition) is 2. The van der Waals surface area contributed by atoms with Crippen LogP contribution in [0.25, 0.3) is 0 Å². The molecule has 0 spiro atoms. The molecule has 0 aromatic carbocycles. The predicted octanol–water partition coefficient (Wildman–Crippen LogP) is 4.84. The van der Waals surface area contributed by atoms with Gasteiger partial charge in [0.25, 0.3) is 0 Å². The molecule has 0 atom stereocenters. The standard InChI is InChI=1S/C12H18Br2N2/c1-9(2)5-3-4-6-15-12-11(14)7-10(13)8-16-12/h7-9H,3-6H2,1-2H3,(H,15,16). The van der Waals surface area contributed by atoms with Crippen molar-refractivity contribution in [1.82, 2.24) is 4.98 Å². The number of unbranched alkanes of at least 4 members (excludes halogenated alkanes) is 1. The highest BCUT2D eigenvalue weighted by Gasteiger charge is 2.01. The van der Waals surface area contributed by atoms with Crippen molar-refractivity contribution in [2.24, 2.45) is 5.92 Å². The molecule has 4 heteroatoms. The number of nitrogens with one attached hydrogen (secondary N) is 1. The van der Waals surface area contributed by atoms with E-state index in [0.717, 1.165) is 27.2 Å². The summed E-state index contributed by atoms with van der Waals surface area (Å²) in [4.78, 5) is 4.31. The molecule has 1 aromatic rings. The highest BCUT2D eigenvalue weighted by atomic mass is 79.9. The van der Waals surface area contributed by atoms with Crippen molar-refractivity contribution in [1.29, 1.82) is 0 Å². The van der Waals surface area contributed by atoms with E-state index in [9.17, 15) is 0 Å². The summed E-state index contributed by atoms with van der Waals surface area (Å²) < 4.78 is 2.00. The Kier molecular flexibility index (Phi) is 6.36. The predicted molar refractivity (Wildman–Crippen MR) is 76.8 cm³/mol. The molecule has 0 fully saturated rings. The van der Waals surface area contributed by atoms with Gasteiger partial charge in [-0.1, -0.05) is 26.7 Å². The fraction of sp³-hybridized carbons (Fsp3) is 0.583. The Morgan fingerprint density at radius 2 is 2.06 bits per heavy atom. The molecular weight excluding hydrogens is 332 g/mol. The fourth-order valence-electron chi connectivity index (χ4n) is 1.43. The Hall–Kier alpha value is -0.0900. The molecule has 1 aromatic heterocycles. The SMILES string of the molecule is CC(C)CCCCNc1ncc(Br)cc1Br. The van der Waals surface area contributed by atoms with E-state index in [1.807, 2.05) is 6.07 Å². The first-order valence-electron chi connectivity index (χ1n) is 5.64. The lowest BCUT2D eigenvalue weighted by Gasteiger charge is -2.08. The van der Waals surface area contributed by atoms with Crippen molar-refractivity contribution in [3.8, 4) is 0 Å². The van der Waals surface area contributed by atoms with E-state index in [2.05, 4.69) is 56.0 Å². The Morgan fingerprint density at radius 1 is 1.31 bits per heavy atom. The van der Waals surface area contributed by atoms with Gasteiger partial charge in [0.05, 0.1) is 4.47 Å². The van der Waals surface area contributed by atoms with Gasteiger partial charge in [-0.3, -0.25) is 0 Å². The second-order valence-electron chi connectivity index (χ2n) is 4.30. The third kappa shape index (κ3) is 5.30. The molecule has 0 amide bonds. The molecule has 1 heterocycles. The Labute approximate surface area is 114 Å². The Balaban J connectivity index is 2.27. The minimum Gasteiger partial charge on any atom is -0.369 e. The first-order chi connectivity index (χ1) is 7.59. The molecule has 0 bridgehead atoms. The normalized spacial score (nSPS) is 10.8. The minimum absolute atomic E-state index is 0.803. The largest absolute Gasteiger partial charge is 0.369 e. The average Bonchev–Trinajstić information content (AvgIpc) is 2.20. The van der Waals surface area contributed by atoms with E-state index in [1.54, 1.807) is 6.20 Å². The Morgan fingerprint density at radius 3 is 2.69 bits per heavy atom. The second-order valence-corrected chi connectivity index (χ2v) is 6.07. The monoisotopic (exact) mass is 348 g/mol. The molecule has 16 heavy (non-hydrogen) atoms. The number of hydrogen-bond donors (Lipinski definition) is 1. The van der Waals surface area contributed by atoms with Gasteiger partial charge < -0.3 is 5.32 Å². The molecule has 90 valence electrons. The summed E-state index contributed by atoms with van der Waals surface area (Å²) in [5.41, 5.74) is 0. The second kappa shape index (κ2) is 7.28. The van der Waals surface area contributed by atoms with Crippen LogP contribution < -0.4 is 5.32 Å². The van der Waals surface area contributed by atoms with Gasteiger partial charge in [0, 0.05) is 17.2 Å². The van der Waals surface area contributed by atoms with Crippen molar-refractivity contribution >= 4 is 37.7 Å². The van der Waals surface area contributed by atoms with Gasteiger partial charge in [-0.05, 0) is 50.3 Å². The van der Waals surface area contributed by atoms with Gasteiger partial charge in [-0.25, -0.2) is 4.98 Å². The number of halogens is 2. The first kappa shape index (κ1) is 14.0. The zero-order valence-electron chi connectivity index (χ0n) is 9.76. The molecule has 2 nitrogen and oxygen atoms in total. The highest BCUT2D eigenvalue weighted by molar-refractivity contribution is 9.11. The molecule has 0 saturated carbocycles. The van der Waals surface area contributed by atoms with Crippen LogP contribution in [0.3, 0.4) is 0 Å². The Bertz CT molecular complexity index is 327. The van der Waals surface area contributed by atoms with E-state index in [-0.39, 0.29) is 0 Å². The van der Waals surface area contributed by atoms with Gasteiger partial charge in [0.15, 0.2) is 0 Å². The van der Waals surface area contributed by atoms with Crippen LogP contribution in [-0.4, -0.2) is 11.5 Å². The number of aromatic nitrogens is 1. The van der Waals surface area contributed by atoms with Crippen LogP contribution in [0.2, 0.25) is 0 Å². The topological polar surface area (TPSA) is 24.9 Å². The van der Waals surface area contributed by atoms with Gasteiger partial charge in [0.1, 0.15) is 5.82 Å². The summed E-state index contributed by atoms with van der Waals surface area (Å²) in [6, 6.07) is 2.00. The smallest absolute Gasteiger partial charge is 0.140 e. The first-order valence-corrected chi connectivity index (χ1v) is 7.23. The van der Waals surface area contributed by atoms with E-state index in [4.69, 9.17) is 0 Å². The van der Waals surface area contributed by atoms with Crippen molar-refractivity contribution < 1.29 is 0 Å². The van der Waals surface area contributed by atoms with Crippen LogP contribution in [0.4, 0.5) is 5.82 Å². The van der Waals surface area contributed by atoms with E-state index in [1.165, 1.54) is 19.3 Å². The van der Waals surface area contributed by atoms with Crippen molar-refractivity contribution in [2.75, 3.05) is 11.9 Å². The van der Waals surface area contributed by atoms with Gasteiger partial charge in [0.2, 0.25) is 0 Å². The van der Waals surface area contributed by atoms with Crippen LogP contribution >= 0.6 is 31.9 Å². The van der Waals surface area contributed by atoms with Crippen molar-refractivity contribution in [2.45, 2.75) is 33.1 Å². The summed E-state index contributed by atoms with van der Waals surface area (Å²) in [5, 5.41) is 3.34. The number of nitrogens with zero attached hydrogens (tertiary/aromatic N) is 1. The van der Waals surface area contributed by atoms with Gasteiger partial charge in [-0.15, -0.1) is 0 Å². The van der Waals surface area contributed by atoms with Crippen molar-refractivity contribution in [3.63, 3.8) is 0 Å². The van der Waals surface area contributed by atoms with Crippen LogP contribution in [0, 0.1) is 5.92 Å². The molecule has 0 aliphatic heterocycles. The molecule has 0 saturated heterocycles. The zero-order chi connectivity index (χ0) is 12.0. The summed E-state index contributed by atoms with van der Waals surface area (Å²) in [5.74, 6) is 1.73. The van der Waals surface area contributed by atoms with Crippen LogP contribution in [-0.2, 0) is 0 Å². The molecule has 0 unspecified atom stereocenters. The van der Waals surface area contributed by atoms with Crippen LogP contribution in [0.1, 0.15) is 33.1 Å². The third-order valence-corrected chi connectivity index (χ3v) is 3.35. The number of rotatable bonds is 6. The fourth-order valence-corrected chi connectivity index (χ4v) is 2.56. The maximum Gasteiger partial charge on any atom is 0.140 e. The highest BCUT2D eigenvalue weighted by Crippen LogP contribution is 2.23. The molecule has 0 aliphatic rings. The van der Waals surface area contributed by atoms with E-state index >= 15 is 0 Å². The van der Waals surface area contributed by atoms with Gasteiger partial charge >= 0.3 is 0 Å². The van der Waals surface area contributed by atoms with E-state index in [0.29, 0.717) is 0 Å². The summed E-state index contributed by atoms with van der Waals surface area (Å²) in [7, 11) is 0. The number of pyridine rings is 1. The summed E-state index contributed by atoms with van der Waals surface area (Å²) in [6.45, 7) is 5.51. The maximum absolute atomic E-state index is 4.31. The van der Waals surface area contributed by atoms with Crippen molar-refractivity contribution in [3.05, 3.63) is 21.2 Å². The summed E-state index contributed by atoms with van der Waals surface area (Å²) >= 11 is 6.87. The molecule has 1 N–H and O–H groups in total. The van der Waals surface area contributed by atoms with E-state index < -0.39 is 0 Å². The van der Waals surface area contributed by atoms with Crippen LogP contribution in [0.5, 0.6) is 0 Å². The average molecular weight is 350 g/mol. The van der Waals surface area contributed by atoms with Gasteiger partial charge in [-0.2, -0.15) is 0 Å². The lowest BCUT2D eigenvalue weighted by molar-refractivity contribution is 0.544. The molecule has 0 radical (unpaired) electrons. The third-order valence-electron chi connectivity index (χ3n) is 2.31. The molecule has 1 rings (SSSR count). The van der Waals surface area contributed by atoms with Crippen LogP contribution in [0.15, 0.2) is 21.2 Å². The molecule has 0 aliphatic carbocycles. The lowest BCUT2D eigenvalue weighted by Crippen LogP contribution is -2.04. The number of anilines is 1. The maximum atomic E-state index is 4.31. The minimum atomic E-state index is 0.803. The zero-order valence-corrected chi connectivity index (χ0v) is 12.9. The summed E-state index contributed by atoms with van der Waals surface area (Å²) in [6.07, 6.45) is 5.58. The quantitative estimate of drug-likeness (QED) is 0.743.